The molecule has 1 heterocycles. The summed E-state index contributed by atoms with van der Waals surface area (Å²) in [7, 11) is -3.65. The molecule has 1 saturated heterocycles. The lowest BCUT2D eigenvalue weighted by molar-refractivity contribution is -0.124. The Morgan fingerprint density at radius 3 is 2.39 bits per heavy atom. The van der Waals surface area contributed by atoms with Gasteiger partial charge in [0.1, 0.15) is 6.04 Å². The van der Waals surface area contributed by atoms with Crippen molar-refractivity contribution >= 4 is 33.4 Å². The number of nitrogens with zero attached hydrogens (tertiary/aromatic N) is 1. The Morgan fingerprint density at radius 1 is 1.12 bits per heavy atom. The van der Waals surface area contributed by atoms with E-state index in [1.807, 2.05) is 19.9 Å². The second-order valence-electron chi connectivity index (χ2n) is 8.31. The smallest absolute Gasteiger partial charge is 0.251 e. The SMILES string of the molecule is CCCNC(=O)[C@@H](NC(=O)c1cccc(C)c1)C1CCN(S(=O)(=O)c2ccc(Cl)cc2)CC1. The molecule has 0 bridgehead atoms. The molecule has 0 spiro atoms. The monoisotopic (exact) mass is 491 g/mol. The number of rotatable bonds is 8. The van der Waals surface area contributed by atoms with Gasteiger partial charge in [0, 0.05) is 30.2 Å². The maximum atomic E-state index is 13.0. The Kier molecular flexibility index (Phi) is 8.51. The maximum Gasteiger partial charge on any atom is 0.251 e. The van der Waals surface area contributed by atoms with E-state index in [0.29, 0.717) is 30.0 Å². The van der Waals surface area contributed by atoms with Crippen molar-refractivity contribution in [3.8, 4) is 0 Å². The summed E-state index contributed by atoms with van der Waals surface area (Å²) < 4.78 is 27.4. The molecule has 2 amide bonds. The van der Waals surface area contributed by atoms with E-state index in [4.69, 9.17) is 11.6 Å². The molecule has 178 valence electrons. The summed E-state index contributed by atoms with van der Waals surface area (Å²) in [6, 6.07) is 12.5. The number of carbonyl (C=O) groups is 2. The summed E-state index contributed by atoms with van der Waals surface area (Å²) in [6.45, 7) is 4.92. The zero-order chi connectivity index (χ0) is 24.0. The zero-order valence-electron chi connectivity index (χ0n) is 18.9. The molecule has 2 N–H and O–H groups in total. The predicted octanol–water partition coefficient (Wildman–Crippen LogP) is 3.37. The first-order valence-electron chi connectivity index (χ1n) is 11.1. The van der Waals surface area contributed by atoms with Crippen molar-refractivity contribution in [3.63, 3.8) is 0 Å². The van der Waals surface area contributed by atoms with Crippen molar-refractivity contribution in [2.24, 2.45) is 5.92 Å². The number of halogens is 1. The van der Waals surface area contributed by atoms with E-state index in [1.165, 1.54) is 16.4 Å². The van der Waals surface area contributed by atoms with Crippen LogP contribution in [0.1, 0.15) is 42.1 Å². The molecule has 7 nitrogen and oxygen atoms in total. The molecule has 0 unspecified atom stereocenters. The molecule has 1 aliphatic rings. The van der Waals surface area contributed by atoms with Gasteiger partial charge in [0.05, 0.1) is 4.90 Å². The molecule has 0 aromatic heterocycles. The van der Waals surface area contributed by atoms with Gasteiger partial charge in [-0.1, -0.05) is 36.2 Å². The van der Waals surface area contributed by atoms with Crippen LogP contribution < -0.4 is 10.6 Å². The Hall–Kier alpha value is -2.42. The fraction of sp³-hybridized carbons (Fsp3) is 0.417. The third-order valence-electron chi connectivity index (χ3n) is 5.82. The zero-order valence-corrected chi connectivity index (χ0v) is 20.5. The predicted molar refractivity (Wildman–Crippen MR) is 129 cm³/mol. The number of hydrogen-bond donors (Lipinski definition) is 2. The van der Waals surface area contributed by atoms with Crippen molar-refractivity contribution in [2.45, 2.75) is 44.0 Å². The first-order valence-corrected chi connectivity index (χ1v) is 12.9. The van der Waals surface area contributed by atoms with Gasteiger partial charge >= 0.3 is 0 Å². The average molecular weight is 492 g/mol. The van der Waals surface area contributed by atoms with Crippen LogP contribution in [0.5, 0.6) is 0 Å². The third kappa shape index (κ3) is 6.34. The standard InChI is InChI=1S/C24H30ClN3O4S/c1-3-13-26-24(30)22(27-23(29)19-6-4-5-17(2)16-19)18-11-14-28(15-12-18)33(31,32)21-9-7-20(25)8-10-21/h4-10,16,18,22H,3,11-15H2,1-2H3,(H,26,30)(H,27,29)/t22-/m0/s1. The largest absolute Gasteiger partial charge is 0.354 e. The van der Waals surface area contributed by atoms with E-state index in [2.05, 4.69) is 10.6 Å². The van der Waals surface area contributed by atoms with Gasteiger partial charge in [0.15, 0.2) is 0 Å². The number of benzene rings is 2. The maximum absolute atomic E-state index is 13.0. The lowest BCUT2D eigenvalue weighted by Crippen LogP contribution is -2.53. The second kappa shape index (κ2) is 11.1. The van der Waals surface area contributed by atoms with Crippen LogP contribution in [0, 0.1) is 12.8 Å². The van der Waals surface area contributed by atoms with Gasteiger partial charge in [-0.3, -0.25) is 9.59 Å². The Bertz CT molecular complexity index is 1080. The van der Waals surface area contributed by atoms with Crippen molar-refractivity contribution < 1.29 is 18.0 Å². The van der Waals surface area contributed by atoms with E-state index < -0.39 is 16.1 Å². The highest BCUT2D eigenvalue weighted by Crippen LogP contribution is 2.27. The van der Waals surface area contributed by atoms with Crippen LogP contribution in [0.3, 0.4) is 0 Å². The molecule has 2 aromatic rings. The lowest BCUT2D eigenvalue weighted by atomic mass is 9.89. The molecule has 2 aromatic carbocycles. The van der Waals surface area contributed by atoms with Crippen LogP contribution in [0.4, 0.5) is 0 Å². The fourth-order valence-electron chi connectivity index (χ4n) is 3.97. The van der Waals surface area contributed by atoms with Crippen LogP contribution in [0.2, 0.25) is 5.02 Å². The Balaban J connectivity index is 1.72. The molecule has 1 fully saturated rings. The summed E-state index contributed by atoms with van der Waals surface area (Å²) in [5.74, 6) is -0.726. The Labute approximate surface area is 200 Å². The summed E-state index contributed by atoms with van der Waals surface area (Å²) in [6.07, 6.45) is 1.71. The quantitative estimate of drug-likeness (QED) is 0.591. The molecule has 3 rings (SSSR count). The van der Waals surface area contributed by atoms with E-state index in [1.54, 1.807) is 30.3 Å². The minimum absolute atomic E-state index is 0.174. The summed E-state index contributed by atoms with van der Waals surface area (Å²) in [4.78, 5) is 25.9. The molecule has 1 aliphatic heterocycles. The number of piperidine rings is 1. The number of hydrogen-bond acceptors (Lipinski definition) is 4. The molecular weight excluding hydrogens is 462 g/mol. The molecule has 0 saturated carbocycles. The number of aryl methyl sites for hydroxylation is 1. The number of carbonyl (C=O) groups excluding carboxylic acids is 2. The van der Waals surface area contributed by atoms with Crippen molar-refractivity contribution in [1.82, 2.24) is 14.9 Å². The average Bonchev–Trinajstić information content (AvgIpc) is 2.81. The highest BCUT2D eigenvalue weighted by atomic mass is 35.5. The third-order valence-corrected chi connectivity index (χ3v) is 7.98. The highest BCUT2D eigenvalue weighted by molar-refractivity contribution is 7.89. The molecular formula is C24H30ClN3O4S. The van der Waals surface area contributed by atoms with E-state index >= 15 is 0 Å². The van der Waals surface area contributed by atoms with Gasteiger partial charge in [-0.2, -0.15) is 4.31 Å². The van der Waals surface area contributed by atoms with Crippen LogP contribution in [-0.4, -0.2) is 50.2 Å². The minimum atomic E-state index is -3.65. The van der Waals surface area contributed by atoms with Crippen molar-refractivity contribution in [1.29, 1.82) is 0 Å². The highest BCUT2D eigenvalue weighted by Gasteiger charge is 2.36. The van der Waals surface area contributed by atoms with E-state index in [9.17, 15) is 18.0 Å². The molecule has 0 radical (unpaired) electrons. The number of amides is 2. The summed E-state index contributed by atoms with van der Waals surface area (Å²) in [5.41, 5.74) is 1.45. The van der Waals surface area contributed by atoms with Crippen molar-refractivity contribution in [2.75, 3.05) is 19.6 Å². The Morgan fingerprint density at radius 2 is 1.79 bits per heavy atom. The summed E-state index contributed by atoms with van der Waals surface area (Å²) in [5, 5.41) is 6.24. The normalized spacial score (nSPS) is 16.2. The van der Waals surface area contributed by atoms with Gasteiger partial charge < -0.3 is 10.6 Å². The first kappa shape index (κ1) is 25.2. The molecule has 9 heteroatoms. The van der Waals surface area contributed by atoms with Crippen LogP contribution in [0.25, 0.3) is 0 Å². The lowest BCUT2D eigenvalue weighted by Gasteiger charge is -2.35. The van der Waals surface area contributed by atoms with Crippen molar-refractivity contribution in [3.05, 3.63) is 64.7 Å². The molecule has 1 atom stereocenters. The van der Waals surface area contributed by atoms with Crippen LogP contribution in [-0.2, 0) is 14.8 Å². The van der Waals surface area contributed by atoms with Gasteiger partial charge in [0.2, 0.25) is 15.9 Å². The number of sulfonamides is 1. The first-order chi connectivity index (χ1) is 15.7. The molecule has 0 aliphatic carbocycles. The molecule has 33 heavy (non-hydrogen) atoms. The van der Waals surface area contributed by atoms with E-state index in [-0.39, 0.29) is 35.7 Å². The van der Waals surface area contributed by atoms with Gasteiger partial charge in [0.25, 0.3) is 5.91 Å². The minimum Gasteiger partial charge on any atom is -0.354 e. The topological polar surface area (TPSA) is 95.6 Å². The number of nitrogens with one attached hydrogen (secondary N) is 2. The van der Waals surface area contributed by atoms with Gasteiger partial charge in [-0.15, -0.1) is 0 Å². The summed E-state index contributed by atoms with van der Waals surface area (Å²) >= 11 is 5.88. The van der Waals surface area contributed by atoms with Crippen LogP contribution >= 0.6 is 11.6 Å². The fourth-order valence-corrected chi connectivity index (χ4v) is 5.57. The second-order valence-corrected chi connectivity index (χ2v) is 10.7. The van der Waals surface area contributed by atoms with Gasteiger partial charge in [-0.05, 0) is 68.5 Å². The van der Waals surface area contributed by atoms with Gasteiger partial charge in [-0.25, -0.2) is 8.42 Å². The van der Waals surface area contributed by atoms with Crippen LogP contribution in [0.15, 0.2) is 53.4 Å². The van der Waals surface area contributed by atoms with E-state index in [0.717, 1.165) is 12.0 Å².